The predicted molar refractivity (Wildman–Crippen MR) is 66.2 cm³/mol. The number of allylic oxidation sites excluding steroid dienone is 4. The zero-order valence-corrected chi connectivity index (χ0v) is 9.25. The van der Waals surface area contributed by atoms with Crippen LogP contribution in [0.5, 0.6) is 0 Å². The molecule has 0 radical (unpaired) electrons. The van der Waals surface area contributed by atoms with Crippen LogP contribution in [-0.2, 0) is 0 Å². The summed E-state index contributed by atoms with van der Waals surface area (Å²) < 4.78 is 0. The molecule has 0 amide bonds. The Hall–Kier alpha value is -0.670. The number of hydrogen-bond donors (Lipinski definition) is 1. The van der Waals surface area contributed by atoms with Crippen LogP contribution in [0, 0.1) is 5.41 Å². The van der Waals surface area contributed by atoms with Gasteiger partial charge in [-0.2, -0.15) is 0 Å². The summed E-state index contributed by atoms with van der Waals surface area (Å²) in [7, 11) is 2.81. The van der Waals surface area contributed by atoms with Crippen molar-refractivity contribution < 1.29 is 0 Å². The van der Waals surface area contributed by atoms with Crippen LogP contribution >= 0.6 is 21.6 Å². The Morgan fingerprint density at radius 1 is 1.31 bits per heavy atom. The van der Waals surface area contributed by atoms with E-state index in [1.165, 1.54) is 27.7 Å². The summed E-state index contributed by atoms with van der Waals surface area (Å²) in [5.74, 6) is 0. The standard InChI is InChI=1S/C10H13NS2/c1-4-6-7-8-9(3)12-13-10(11)5-2/h4-8,11H,2-3H2,1H3/b6-4-,8-7-,11-10?. The maximum atomic E-state index is 7.29. The SMILES string of the molecule is C=CC(=N)SSC(=C)/C=C\C=C/C. The fourth-order valence-electron chi connectivity index (χ4n) is 0.434. The van der Waals surface area contributed by atoms with Gasteiger partial charge in [-0.3, -0.25) is 5.41 Å². The number of rotatable bonds is 5. The summed E-state index contributed by atoms with van der Waals surface area (Å²) in [6.07, 6.45) is 9.24. The van der Waals surface area contributed by atoms with Crippen molar-refractivity contribution in [2.75, 3.05) is 0 Å². The highest BCUT2D eigenvalue weighted by atomic mass is 33.1. The highest BCUT2D eigenvalue weighted by Crippen LogP contribution is 2.30. The summed E-state index contributed by atoms with van der Waals surface area (Å²) in [6, 6.07) is 0. The van der Waals surface area contributed by atoms with Crippen LogP contribution in [0.15, 0.2) is 48.4 Å². The van der Waals surface area contributed by atoms with Crippen molar-refractivity contribution in [1.29, 1.82) is 5.41 Å². The van der Waals surface area contributed by atoms with E-state index in [0.29, 0.717) is 5.04 Å². The van der Waals surface area contributed by atoms with Crippen molar-refractivity contribution in [2.45, 2.75) is 6.92 Å². The van der Waals surface area contributed by atoms with Gasteiger partial charge in [0.2, 0.25) is 0 Å². The molecule has 0 saturated carbocycles. The number of nitrogens with one attached hydrogen (secondary N) is 1. The maximum absolute atomic E-state index is 7.29. The Labute approximate surface area is 87.6 Å². The quantitative estimate of drug-likeness (QED) is 0.319. The molecule has 70 valence electrons. The molecule has 0 spiro atoms. The first-order valence-corrected chi connectivity index (χ1v) is 5.89. The lowest BCUT2D eigenvalue weighted by atomic mass is 10.4. The van der Waals surface area contributed by atoms with Gasteiger partial charge < -0.3 is 0 Å². The lowest BCUT2D eigenvalue weighted by molar-refractivity contribution is 1.57. The molecule has 0 aliphatic carbocycles. The van der Waals surface area contributed by atoms with Gasteiger partial charge in [0.05, 0.1) is 5.04 Å². The molecule has 0 rings (SSSR count). The van der Waals surface area contributed by atoms with E-state index in [4.69, 9.17) is 5.41 Å². The third-order valence-electron chi connectivity index (χ3n) is 1.01. The Bertz CT molecular complexity index is 252. The minimum absolute atomic E-state index is 0.450. The topological polar surface area (TPSA) is 23.9 Å². The molecule has 0 aliphatic heterocycles. The van der Waals surface area contributed by atoms with Crippen molar-refractivity contribution in [3.05, 3.63) is 48.4 Å². The summed E-state index contributed by atoms with van der Waals surface area (Å²) in [6.45, 7) is 9.28. The third-order valence-corrected chi connectivity index (χ3v) is 3.22. The van der Waals surface area contributed by atoms with Crippen LogP contribution in [0.25, 0.3) is 0 Å². The van der Waals surface area contributed by atoms with Crippen molar-refractivity contribution in [2.24, 2.45) is 0 Å². The Balaban J connectivity index is 3.75. The van der Waals surface area contributed by atoms with Gasteiger partial charge in [0, 0.05) is 4.91 Å². The van der Waals surface area contributed by atoms with Crippen LogP contribution in [0.1, 0.15) is 6.92 Å². The van der Waals surface area contributed by atoms with E-state index < -0.39 is 0 Å². The van der Waals surface area contributed by atoms with Crippen molar-refractivity contribution >= 4 is 26.6 Å². The zero-order chi connectivity index (χ0) is 10.1. The molecule has 0 bridgehead atoms. The van der Waals surface area contributed by atoms with E-state index >= 15 is 0 Å². The van der Waals surface area contributed by atoms with Crippen LogP contribution in [-0.4, -0.2) is 5.04 Å². The van der Waals surface area contributed by atoms with E-state index in [1.54, 1.807) is 0 Å². The molecule has 0 atom stereocenters. The molecule has 13 heavy (non-hydrogen) atoms. The van der Waals surface area contributed by atoms with Gasteiger partial charge in [0.15, 0.2) is 0 Å². The lowest BCUT2D eigenvalue weighted by Gasteiger charge is -1.96. The van der Waals surface area contributed by atoms with Gasteiger partial charge in [-0.1, -0.05) is 42.2 Å². The second-order valence-corrected chi connectivity index (χ2v) is 4.38. The Kier molecular flexibility index (Phi) is 7.54. The van der Waals surface area contributed by atoms with Gasteiger partial charge in [0.25, 0.3) is 0 Å². The molecule has 3 heteroatoms. The van der Waals surface area contributed by atoms with Gasteiger partial charge in [0.1, 0.15) is 0 Å². The van der Waals surface area contributed by atoms with Gasteiger partial charge in [-0.15, -0.1) is 0 Å². The van der Waals surface area contributed by atoms with Crippen molar-refractivity contribution in [1.82, 2.24) is 0 Å². The number of hydrogen-bond acceptors (Lipinski definition) is 3. The third kappa shape index (κ3) is 7.68. The largest absolute Gasteiger partial charge is 0.293 e. The Morgan fingerprint density at radius 3 is 2.54 bits per heavy atom. The average molecular weight is 211 g/mol. The monoisotopic (exact) mass is 211 g/mol. The van der Waals surface area contributed by atoms with Crippen LogP contribution in [0.2, 0.25) is 0 Å². The van der Waals surface area contributed by atoms with Gasteiger partial charge in [-0.05, 0) is 29.9 Å². The minimum atomic E-state index is 0.450. The summed E-state index contributed by atoms with van der Waals surface area (Å²) in [5.41, 5.74) is 0. The molecule has 0 aromatic rings. The van der Waals surface area contributed by atoms with E-state index in [-0.39, 0.29) is 0 Å². The molecule has 1 nitrogen and oxygen atoms in total. The molecular weight excluding hydrogens is 198 g/mol. The van der Waals surface area contributed by atoms with Crippen molar-refractivity contribution in [3.8, 4) is 0 Å². The fraction of sp³-hybridized carbons (Fsp3) is 0.100. The average Bonchev–Trinajstić information content (AvgIpc) is 2.14. The van der Waals surface area contributed by atoms with E-state index in [1.807, 2.05) is 31.2 Å². The summed E-state index contributed by atoms with van der Waals surface area (Å²) in [5, 5.41) is 7.74. The molecule has 0 heterocycles. The molecule has 0 fully saturated rings. The van der Waals surface area contributed by atoms with Crippen LogP contribution in [0.4, 0.5) is 0 Å². The van der Waals surface area contributed by atoms with Crippen molar-refractivity contribution in [3.63, 3.8) is 0 Å². The maximum Gasteiger partial charge on any atom is 0.0973 e. The van der Waals surface area contributed by atoms with E-state index in [9.17, 15) is 0 Å². The highest BCUT2D eigenvalue weighted by molar-refractivity contribution is 8.83. The summed E-state index contributed by atoms with van der Waals surface area (Å²) in [4.78, 5) is 0.926. The predicted octanol–water partition coefficient (Wildman–Crippen LogP) is 4.18. The molecular formula is C10H13NS2. The molecule has 0 aliphatic rings. The second kappa shape index (κ2) is 7.95. The molecule has 0 aromatic carbocycles. The van der Waals surface area contributed by atoms with Gasteiger partial charge in [-0.25, -0.2) is 0 Å². The normalized spacial score (nSPS) is 10.8. The van der Waals surface area contributed by atoms with Crippen LogP contribution in [0.3, 0.4) is 0 Å². The molecule has 0 aromatic heterocycles. The summed E-state index contributed by atoms with van der Waals surface area (Å²) >= 11 is 0. The minimum Gasteiger partial charge on any atom is -0.293 e. The van der Waals surface area contributed by atoms with Gasteiger partial charge >= 0.3 is 0 Å². The fourth-order valence-corrected chi connectivity index (χ4v) is 1.79. The molecule has 1 N–H and O–H groups in total. The second-order valence-electron chi connectivity index (χ2n) is 2.09. The molecule has 0 unspecified atom stereocenters. The van der Waals surface area contributed by atoms with E-state index in [0.717, 1.165) is 4.91 Å². The van der Waals surface area contributed by atoms with Crippen LogP contribution < -0.4 is 0 Å². The Morgan fingerprint density at radius 2 is 2.00 bits per heavy atom. The molecule has 0 saturated heterocycles. The first kappa shape index (κ1) is 12.3. The highest BCUT2D eigenvalue weighted by Gasteiger charge is 1.93. The lowest BCUT2D eigenvalue weighted by Crippen LogP contribution is -1.75. The van der Waals surface area contributed by atoms with E-state index in [2.05, 4.69) is 13.2 Å². The zero-order valence-electron chi connectivity index (χ0n) is 7.62. The smallest absolute Gasteiger partial charge is 0.0973 e. The first-order valence-electron chi connectivity index (χ1n) is 3.74. The first-order chi connectivity index (χ1) is 6.20.